The smallest absolute Gasteiger partial charge is 0.339 e. The maximum absolute atomic E-state index is 12.5. The third-order valence-electron chi connectivity index (χ3n) is 4.41. The minimum Gasteiger partial charge on any atom is -0.493 e. The van der Waals surface area contributed by atoms with E-state index in [9.17, 15) is 18.5 Å². The highest BCUT2D eigenvalue weighted by atomic mass is 32.2. The molecule has 1 aliphatic heterocycles. The van der Waals surface area contributed by atoms with E-state index in [-0.39, 0.29) is 22.1 Å². The largest absolute Gasteiger partial charge is 0.493 e. The second kappa shape index (κ2) is 8.91. The van der Waals surface area contributed by atoms with E-state index in [4.69, 9.17) is 8.92 Å². The predicted octanol–water partition coefficient (Wildman–Crippen LogP) is 3.19. The number of nitro groups is 1. The number of non-ortho nitro benzene ring substituents is 1. The first kappa shape index (κ1) is 20.6. The minimum absolute atomic E-state index is 0.0193. The molecule has 0 saturated carbocycles. The molecular formula is C19H21N3O6S. The lowest BCUT2D eigenvalue weighted by Gasteiger charge is -2.23. The van der Waals surface area contributed by atoms with E-state index in [1.54, 1.807) is 18.3 Å². The number of methoxy groups -OCH3 is 1. The van der Waals surface area contributed by atoms with E-state index in [2.05, 4.69) is 5.10 Å². The number of nitro benzene ring substituents is 1. The molecule has 9 nitrogen and oxygen atoms in total. The molecule has 10 heteroatoms. The molecule has 0 N–H and O–H groups in total. The van der Waals surface area contributed by atoms with Crippen molar-refractivity contribution in [3.05, 3.63) is 58.1 Å². The molecule has 1 aliphatic rings. The van der Waals surface area contributed by atoms with Crippen molar-refractivity contribution in [3.63, 3.8) is 0 Å². The highest BCUT2D eigenvalue weighted by molar-refractivity contribution is 7.87. The summed E-state index contributed by atoms with van der Waals surface area (Å²) in [5.74, 6) is 0.190. The first-order valence-electron chi connectivity index (χ1n) is 9.05. The molecule has 1 fully saturated rings. The maximum Gasteiger partial charge on any atom is 0.339 e. The molecule has 1 heterocycles. The van der Waals surface area contributed by atoms with Crippen molar-refractivity contribution < 1.29 is 22.3 Å². The van der Waals surface area contributed by atoms with Crippen LogP contribution >= 0.6 is 0 Å². The molecule has 0 atom stereocenters. The van der Waals surface area contributed by atoms with E-state index in [1.807, 2.05) is 5.01 Å². The quantitative estimate of drug-likeness (QED) is 0.293. The maximum atomic E-state index is 12.5. The zero-order valence-electron chi connectivity index (χ0n) is 15.9. The van der Waals surface area contributed by atoms with Gasteiger partial charge in [-0.2, -0.15) is 13.5 Å². The third-order valence-corrected chi connectivity index (χ3v) is 5.64. The molecule has 0 radical (unpaired) electrons. The Morgan fingerprint density at radius 1 is 1.10 bits per heavy atom. The van der Waals surface area contributed by atoms with Crippen molar-refractivity contribution in [1.82, 2.24) is 5.01 Å². The lowest BCUT2D eigenvalue weighted by molar-refractivity contribution is -0.385. The van der Waals surface area contributed by atoms with Gasteiger partial charge in [0.1, 0.15) is 4.90 Å². The summed E-state index contributed by atoms with van der Waals surface area (Å²) in [7, 11) is -2.87. The first-order valence-corrected chi connectivity index (χ1v) is 10.5. The summed E-state index contributed by atoms with van der Waals surface area (Å²) in [6.07, 6.45) is 5.13. The SMILES string of the molecule is COc1cc(/C=N\N2CCCCC2)ccc1OS(=O)(=O)c1cccc([N+](=O)[O-])c1. The summed E-state index contributed by atoms with van der Waals surface area (Å²) in [5.41, 5.74) is 0.387. The van der Waals surface area contributed by atoms with E-state index in [1.165, 1.54) is 37.8 Å². The number of hydrogen-bond donors (Lipinski definition) is 0. The Balaban J connectivity index is 1.80. The highest BCUT2D eigenvalue weighted by Gasteiger charge is 2.22. The van der Waals surface area contributed by atoms with Gasteiger partial charge in [0.25, 0.3) is 5.69 Å². The van der Waals surface area contributed by atoms with E-state index >= 15 is 0 Å². The molecule has 0 amide bonds. The van der Waals surface area contributed by atoms with Crippen LogP contribution in [0, 0.1) is 10.1 Å². The fourth-order valence-corrected chi connectivity index (χ4v) is 3.87. The molecule has 0 aliphatic carbocycles. The fraction of sp³-hybridized carbons (Fsp3) is 0.316. The zero-order valence-corrected chi connectivity index (χ0v) is 16.7. The van der Waals surface area contributed by atoms with Gasteiger partial charge in [-0.25, -0.2) is 0 Å². The molecule has 0 aromatic heterocycles. The van der Waals surface area contributed by atoms with Gasteiger partial charge >= 0.3 is 10.1 Å². The summed E-state index contributed by atoms with van der Waals surface area (Å²) >= 11 is 0. The van der Waals surface area contributed by atoms with Crippen LogP contribution in [0.15, 0.2) is 52.5 Å². The number of nitrogens with zero attached hydrogens (tertiary/aromatic N) is 3. The van der Waals surface area contributed by atoms with Gasteiger partial charge < -0.3 is 8.92 Å². The molecule has 0 unspecified atom stereocenters. The third kappa shape index (κ3) is 5.23. The summed E-state index contributed by atoms with van der Waals surface area (Å²) in [5, 5.41) is 17.3. The van der Waals surface area contributed by atoms with Gasteiger partial charge in [-0.05, 0) is 49.1 Å². The lowest BCUT2D eigenvalue weighted by atomic mass is 10.2. The van der Waals surface area contributed by atoms with Crippen LogP contribution in [-0.4, -0.2) is 44.8 Å². The fourth-order valence-electron chi connectivity index (χ4n) is 2.89. The number of hydrazone groups is 1. The molecule has 2 aromatic rings. The van der Waals surface area contributed by atoms with Crippen LogP contribution in [0.4, 0.5) is 5.69 Å². The molecular weight excluding hydrogens is 398 g/mol. The van der Waals surface area contributed by atoms with Crippen molar-refractivity contribution in [1.29, 1.82) is 0 Å². The number of hydrogen-bond acceptors (Lipinski definition) is 8. The van der Waals surface area contributed by atoms with Gasteiger partial charge in [-0.3, -0.25) is 15.1 Å². The van der Waals surface area contributed by atoms with Gasteiger partial charge in [-0.15, -0.1) is 0 Å². The summed E-state index contributed by atoms with van der Waals surface area (Å²) < 4.78 is 35.5. The number of benzene rings is 2. The minimum atomic E-state index is -4.27. The van der Waals surface area contributed by atoms with Crippen molar-refractivity contribution >= 4 is 22.0 Å². The van der Waals surface area contributed by atoms with Crippen LogP contribution in [0.3, 0.4) is 0 Å². The average molecular weight is 419 g/mol. The Bertz CT molecular complexity index is 1020. The van der Waals surface area contributed by atoms with Gasteiger partial charge in [0.15, 0.2) is 11.5 Å². The molecule has 0 spiro atoms. The number of piperidine rings is 1. The van der Waals surface area contributed by atoms with Gasteiger partial charge in [0.2, 0.25) is 0 Å². The zero-order chi connectivity index (χ0) is 20.9. The first-order chi connectivity index (χ1) is 13.9. The predicted molar refractivity (Wildman–Crippen MR) is 107 cm³/mol. The van der Waals surface area contributed by atoms with Crippen LogP contribution in [-0.2, 0) is 10.1 Å². The van der Waals surface area contributed by atoms with Crippen LogP contribution < -0.4 is 8.92 Å². The average Bonchev–Trinajstić information content (AvgIpc) is 2.73. The second-order valence-electron chi connectivity index (χ2n) is 6.46. The number of rotatable bonds is 7. The van der Waals surface area contributed by atoms with Crippen molar-refractivity contribution in [3.8, 4) is 11.5 Å². The van der Waals surface area contributed by atoms with Crippen molar-refractivity contribution in [2.45, 2.75) is 24.2 Å². The Kier molecular flexibility index (Phi) is 6.32. The van der Waals surface area contributed by atoms with Crippen LogP contribution in [0.1, 0.15) is 24.8 Å². The van der Waals surface area contributed by atoms with E-state index in [0.717, 1.165) is 37.6 Å². The second-order valence-corrected chi connectivity index (χ2v) is 8.01. The highest BCUT2D eigenvalue weighted by Crippen LogP contribution is 2.31. The van der Waals surface area contributed by atoms with Crippen LogP contribution in [0.5, 0.6) is 11.5 Å². The summed E-state index contributed by atoms with van der Waals surface area (Å²) in [6.45, 7) is 1.83. The van der Waals surface area contributed by atoms with Gasteiger partial charge in [0.05, 0.1) is 18.2 Å². The monoisotopic (exact) mass is 419 g/mol. The molecule has 154 valence electrons. The van der Waals surface area contributed by atoms with Gasteiger partial charge in [-0.1, -0.05) is 6.07 Å². The van der Waals surface area contributed by atoms with E-state index < -0.39 is 15.0 Å². The van der Waals surface area contributed by atoms with E-state index in [0.29, 0.717) is 0 Å². The Morgan fingerprint density at radius 3 is 2.55 bits per heavy atom. The van der Waals surface area contributed by atoms with Crippen LogP contribution in [0.25, 0.3) is 0 Å². The summed E-state index contributed by atoms with van der Waals surface area (Å²) in [4.78, 5) is 9.90. The van der Waals surface area contributed by atoms with Crippen molar-refractivity contribution in [2.75, 3.05) is 20.2 Å². The van der Waals surface area contributed by atoms with Gasteiger partial charge in [0, 0.05) is 25.2 Å². The molecule has 3 rings (SSSR count). The van der Waals surface area contributed by atoms with Crippen molar-refractivity contribution in [2.24, 2.45) is 5.10 Å². The standard InChI is InChI=1S/C19H21N3O6S/c1-27-19-12-15(14-20-21-10-3-2-4-11-21)8-9-18(19)28-29(25,26)17-7-5-6-16(13-17)22(23)24/h5-9,12-14H,2-4,10-11H2,1H3/b20-14-. The normalized spacial score (nSPS) is 14.7. The summed E-state index contributed by atoms with van der Waals surface area (Å²) in [6, 6.07) is 9.41. The molecule has 29 heavy (non-hydrogen) atoms. The lowest BCUT2D eigenvalue weighted by Crippen LogP contribution is -2.24. The number of ether oxygens (including phenoxy) is 1. The Hall–Kier alpha value is -3.14. The Labute approximate surface area is 168 Å². The molecule has 1 saturated heterocycles. The van der Waals surface area contributed by atoms with Crippen LogP contribution in [0.2, 0.25) is 0 Å². The molecule has 0 bridgehead atoms. The topological polar surface area (TPSA) is 111 Å². The Morgan fingerprint density at radius 2 is 1.86 bits per heavy atom. The molecule has 2 aromatic carbocycles.